The summed E-state index contributed by atoms with van der Waals surface area (Å²) < 4.78 is 13.5. The van der Waals surface area contributed by atoms with Gasteiger partial charge in [-0.3, -0.25) is 0 Å². The van der Waals surface area contributed by atoms with Crippen LogP contribution in [0.25, 0.3) is 40.4 Å². The van der Waals surface area contributed by atoms with Crippen molar-refractivity contribution >= 4 is 23.3 Å². The molecule has 7 heteroatoms. The van der Waals surface area contributed by atoms with Gasteiger partial charge < -0.3 is 24.2 Å². The highest BCUT2D eigenvalue weighted by Gasteiger charge is 2.23. The van der Waals surface area contributed by atoms with Crippen molar-refractivity contribution in [2.75, 3.05) is 7.11 Å². The van der Waals surface area contributed by atoms with E-state index in [0.29, 0.717) is 23.2 Å². The van der Waals surface area contributed by atoms with Crippen LogP contribution in [-0.2, 0) is 11.3 Å². The van der Waals surface area contributed by atoms with Gasteiger partial charge in [-0.05, 0) is 25.1 Å². The van der Waals surface area contributed by atoms with E-state index in [9.17, 15) is 10.1 Å². The molecule has 4 rings (SSSR count). The summed E-state index contributed by atoms with van der Waals surface area (Å²) in [4.78, 5) is 11.6. The maximum absolute atomic E-state index is 11.6. The fourth-order valence-electron chi connectivity index (χ4n) is 3.86. The molecule has 0 bridgehead atoms. The van der Waals surface area contributed by atoms with Gasteiger partial charge in [-0.1, -0.05) is 19.1 Å². The molecule has 2 atom stereocenters. The minimum absolute atomic E-state index is 0.0464. The minimum atomic E-state index is -0.730. The minimum Gasteiger partial charge on any atom is -0.626 e. The Morgan fingerprint density at radius 1 is 1.37 bits per heavy atom. The SMILES string of the molecule is CCn1c(-c2ccc3c(c2)oc(=O)n3[NH-])c(C#N)c2c1=CC(OC)C(C)C=2. The van der Waals surface area contributed by atoms with E-state index in [4.69, 9.17) is 15.0 Å². The number of nitrogens with one attached hydrogen (secondary N) is 1. The van der Waals surface area contributed by atoms with E-state index >= 15 is 0 Å². The first-order valence-electron chi connectivity index (χ1n) is 8.76. The number of methoxy groups -OCH3 is 1. The van der Waals surface area contributed by atoms with Crippen LogP contribution in [0, 0.1) is 17.2 Å². The van der Waals surface area contributed by atoms with Gasteiger partial charge in [0.1, 0.15) is 6.07 Å². The Morgan fingerprint density at radius 3 is 2.81 bits per heavy atom. The average molecular weight is 363 g/mol. The largest absolute Gasteiger partial charge is 0.626 e. The highest BCUT2D eigenvalue weighted by Crippen LogP contribution is 2.26. The summed E-state index contributed by atoms with van der Waals surface area (Å²) in [7, 11) is 1.68. The summed E-state index contributed by atoms with van der Waals surface area (Å²) in [6.45, 7) is 4.77. The molecule has 138 valence electrons. The summed E-state index contributed by atoms with van der Waals surface area (Å²) in [6.07, 6.45) is 4.10. The van der Waals surface area contributed by atoms with Crippen molar-refractivity contribution in [1.82, 2.24) is 9.24 Å². The van der Waals surface area contributed by atoms with E-state index in [1.807, 2.05) is 13.0 Å². The maximum atomic E-state index is 11.6. The summed E-state index contributed by atoms with van der Waals surface area (Å²) in [5.41, 5.74) is 2.87. The Kier molecular flexibility index (Phi) is 3.93. The van der Waals surface area contributed by atoms with Crippen LogP contribution in [0.1, 0.15) is 19.4 Å². The van der Waals surface area contributed by atoms with Crippen LogP contribution >= 0.6 is 0 Å². The molecule has 2 heterocycles. The molecular weight excluding hydrogens is 344 g/mol. The molecule has 0 fully saturated rings. The number of ether oxygens (including phenoxy) is 1. The van der Waals surface area contributed by atoms with Crippen molar-refractivity contribution in [2.45, 2.75) is 26.5 Å². The number of aromatic nitrogens is 2. The zero-order valence-corrected chi connectivity index (χ0v) is 15.3. The molecular formula is C20H19N4O3-. The van der Waals surface area contributed by atoms with Crippen LogP contribution in [0.4, 0.5) is 0 Å². The zero-order valence-electron chi connectivity index (χ0n) is 15.3. The second-order valence-corrected chi connectivity index (χ2v) is 6.66. The second-order valence-electron chi connectivity index (χ2n) is 6.66. The van der Waals surface area contributed by atoms with E-state index in [1.165, 1.54) is 0 Å². The van der Waals surface area contributed by atoms with Gasteiger partial charge in [-0.25, -0.2) is 4.79 Å². The van der Waals surface area contributed by atoms with Crippen LogP contribution in [0.2, 0.25) is 0 Å². The van der Waals surface area contributed by atoms with Gasteiger partial charge in [-0.15, -0.1) is 0 Å². The van der Waals surface area contributed by atoms with Gasteiger partial charge in [0.2, 0.25) is 0 Å². The standard InChI is InChI=1S/C20H19N4O3/c1-4-23-16-9-17(26-3)11(2)7-13(16)14(10-21)19(23)12-5-6-15-18(8-12)27-20(25)24(15)22/h5-9,11,17,22H,4H2,1-3H3/q-1. The van der Waals surface area contributed by atoms with Gasteiger partial charge in [0.05, 0.1) is 22.9 Å². The van der Waals surface area contributed by atoms with Gasteiger partial charge in [0.15, 0.2) is 5.58 Å². The third-order valence-corrected chi connectivity index (χ3v) is 5.17. The van der Waals surface area contributed by atoms with Crippen LogP contribution in [0.15, 0.2) is 27.4 Å². The molecule has 2 aromatic heterocycles. The molecule has 27 heavy (non-hydrogen) atoms. The number of hydrogen-bond donors (Lipinski definition) is 0. The lowest BCUT2D eigenvalue weighted by Gasteiger charge is -2.19. The predicted octanol–water partition coefficient (Wildman–Crippen LogP) is 2.00. The Labute approximate surface area is 155 Å². The number of rotatable bonds is 3. The highest BCUT2D eigenvalue weighted by molar-refractivity contribution is 5.82. The Balaban J connectivity index is 2.07. The fourth-order valence-corrected chi connectivity index (χ4v) is 3.86. The molecule has 0 saturated heterocycles. The molecule has 3 aromatic rings. The summed E-state index contributed by atoms with van der Waals surface area (Å²) in [6, 6.07) is 7.55. The van der Waals surface area contributed by atoms with E-state index < -0.39 is 5.76 Å². The molecule has 1 aliphatic rings. The van der Waals surface area contributed by atoms with Crippen molar-refractivity contribution < 1.29 is 9.15 Å². The summed E-state index contributed by atoms with van der Waals surface area (Å²) in [5.74, 6) is 7.13. The Hall–Kier alpha value is -3.24. The van der Waals surface area contributed by atoms with Gasteiger partial charge >= 0.3 is 5.76 Å². The fraction of sp³-hybridized carbons (Fsp3) is 0.300. The van der Waals surface area contributed by atoms with E-state index in [2.05, 4.69) is 29.7 Å². The van der Waals surface area contributed by atoms with E-state index in [-0.39, 0.29) is 12.0 Å². The van der Waals surface area contributed by atoms with Crippen molar-refractivity contribution in [3.8, 4) is 17.3 Å². The lowest BCUT2D eigenvalue weighted by molar-refractivity contribution is 0.128. The van der Waals surface area contributed by atoms with Gasteiger partial charge in [0.25, 0.3) is 0 Å². The third kappa shape index (κ3) is 2.41. The zero-order chi connectivity index (χ0) is 19.3. The maximum Gasteiger partial charge on any atom is 0.405 e. The molecule has 0 spiro atoms. The molecule has 0 saturated carbocycles. The lowest BCUT2D eigenvalue weighted by Crippen LogP contribution is -2.38. The van der Waals surface area contributed by atoms with Crippen LogP contribution in [-0.4, -0.2) is 22.5 Å². The molecule has 2 unspecified atom stereocenters. The monoisotopic (exact) mass is 363 g/mol. The number of nitriles is 1. The number of benzene rings is 1. The first-order chi connectivity index (χ1) is 13.0. The quantitative estimate of drug-likeness (QED) is 0.711. The summed E-state index contributed by atoms with van der Waals surface area (Å²) in [5, 5.41) is 11.8. The van der Waals surface area contributed by atoms with E-state index in [0.717, 1.165) is 26.5 Å². The van der Waals surface area contributed by atoms with Crippen molar-refractivity contribution in [2.24, 2.45) is 5.92 Å². The Bertz CT molecular complexity index is 1270. The van der Waals surface area contributed by atoms with E-state index in [1.54, 1.807) is 19.2 Å². The van der Waals surface area contributed by atoms with Crippen LogP contribution in [0.3, 0.4) is 0 Å². The Morgan fingerprint density at radius 2 is 2.15 bits per heavy atom. The topological polar surface area (TPSA) is 96.9 Å². The average Bonchev–Trinajstić information content (AvgIpc) is 3.13. The van der Waals surface area contributed by atoms with Gasteiger partial charge in [0, 0.05) is 35.7 Å². The number of fused-ring (bicyclic) bond motifs is 2. The molecule has 1 aliphatic carbocycles. The molecule has 7 nitrogen and oxygen atoms in total. The third-order valence-electron chi connectivity index (χ3n) is 5.17. The predicted molar refractivity (Wildman–Crippen MR) is 102 cm³/mol. The lowest BCUT2D eigenvalue weighted by atomic mass is 9.97. The number of hydrogen-bond acceptors (Lipinski definition) is 4. The normalized spacial score (nSPS) is 18.6. The molecule has 0 amide bonds. The number of oxazole rings is 1. The molecule has 1 N–H and O–H groups in total. The highest BCUT2D eigenvalue weighted by atomic mass is 16.5. The van der Waals surface area contributed by atoms with Crippen molar-refractivity contribution in [3.63, 3.8) is 0 Å². The van der Waals surface area contributed by atoms with Gasteiger partial charge in [-0.2, -0.15) is 5.26 Å². The first kappa shape index (κ1) is 17.2. The first-order valence-corrected chi connectivity index (χ1v) is 8.76. The van der Waals surface area contributed by atoms with Crippen molar-refractivity contribution in [1.29, 1.82) is 5.26 Å². The number of nitrogens with zero attached hydrogens (tertiary/aromatic N) is 3. The molecule has 1 aromatic carbocycles. The van der Waals surface area contributed by atoms with Crippen LogP contribution in [0.5, 0.6) is 0 Å². The van der Waals surface area contributed by atoms with Crippen molar-refractivity contribution in [3.05, 3.63) is 50.7 Å². The molecule has 0 aliphatic heterocycles. The van der Waals surface area contributed by atoms with Crippen LogP contribution < -0.4 is 16.3 Å². The summed E-state index contributed by atoms with van der Waals surface area (Å²) >= 11 is 0. The molecule has 0 radical (unpaired) electrons. The smallest absolute Gasteiger partial charge is 0.405 e. The second kappa shape index (κ2) is 6.18.